The first kappa shape index (κ1) is 16.1. The van der Waals surface area contributed by atoms with E-state index in [1.54, 1.807) is 24.4 Å². The number of hydrogen-bond acceptors (Lipinski definition) is 4. The summed E-state index contributed by atoms with van der Waals surface area (Å²) in [6.07, 6.45) is 1.64. The smallest absolute Gasteiger partial charge is 0.251 e. The highest BCUT2D eigenvalue weighted by Gasteiger charge is 2.24. The van der Waals surface area contributed by atoms with Gasteiger partial charge in [-0.2, -0.15) is 4.72 Å². The van der Waals surface area contributed by atoms with Gasteiger partial charge >= 0.3 is 0 Å². The molecule has 2 aromatic heterocycles. The van der Waals surface area contributed by atoms with Crippen LogP contribution in [0.5, 0.6) is 0 Å². The molecule has 1 unspecified atom stereocenters. The minimum atomic E-state index is -3.69. The predicted octanol–water partition coefficient (Wildman–Crippen LogP) is 3.86. The van der Waals surface area contributed by atoms with Crippen LogP contribution in [-0.2, 0) is 10.0 Å². The second kappa shape index (κ2) is 6.80. The molecule has 23 heavy (non-hydrogen) atoms. The average Bonchev–Trinajstić information content (AvgIpc) is 3.02. The van der Waals surface area contributed by atoms with Crippen molar-refractivity contribution in [3.8, 4) is 0 Å². The molecule has 1 N–H and O–H groups in total. The maximum absolute atomic E-state index is 12.6. The molecule has 0 spiro atoms. The molecule has 0 fully saturated rings. The van der Waals surface area contributed by atoms with Crippen molar-refractivity contribution in [2.45, 2.75) is 10.3 Å². The Morgan fingerprint density at radius 1 is 1.00 bits per heavy atom. The molecule has 7 heteroatoms. The van der Waals surface area contributed by atoms with Crippen LogP contribution < -0.4 is 4.72 Å². The Morgan fingerprint density at radius 3 is 2.35 bits per heavy atom. The van der Waals surface area contributed by atoms with Crippen molar-refractivity contribution >= 4 is 33.0 Å². The minimum Gasteiger partial charge on any atom is -0.259 e. The van der Waals surface area contributed by atoms with Gasteiger partial charge in [-0.3, -0.25) is 4.98 Å². The molecule has 0 radical (unpaired) electrons. The maximum atomic E-state index is 12.6. The van der Waals surface area contributed by atoms with E-state index in [1.165, 1.54) is 6.07 Å². The van der Waals surface area contributed by atoms with Crippen molar-refractivity contribution in [2.75, 3.05) is 0 Å². The van der Waals surface area contributed by atoms with E-state index in [0.717, 1.165) is 16.9 Å². The Hall–Kier alpha value is -1.73. The fraction of sp³-hybridized carbons (Fsp3) is 0.0625. The summed E-state index contributed by atoms with van der Waals surface area (Å²) < 4.78 is 28.6. The molecular weight excluding hydrogens is 352 g/mol. The number of aromatic nitrogens is 1. The van der Waals surface area contributed by atoms with Gasteiger partial charge in [-0.1, -0.05) is 48.0 Å². The van der Waals surface area contributed by atoms with Gasteiger partial charge in [-0.25, -0.2) is 8.42 Å². The third-order valence-electron chi connectivity index (χ3n) is 3.20. The lowest BCUT2D eigenvalue weighted by atomic mass is 10.0. The first-order valence-corrected chi connectivity index (χ1v) is 9.47. The summed E-state index contributed by atoms with van der Waals surface area (Å²) in [5.41, 5.74) is 1.45. The van der Waals surface area contributed by atoms with Crippen molar-refractivity contribution in [3.05, 3.63) is 82.5 Å². The van der Waals surface area contributed by atoms with Gasteiger partial charge in [0.2, 0.25) is 0 Å². The molecule has 0 saturated heterocycles. The quantitative estimate of drug-likeness (QED) is 0.747. The number of rotatable bonds is 5. The molecule has 3 rings (SSSR count). The van der Waals surface area contributed by atoms with E-state index in [2.05, 4.69) is 9.71 Å². The molecule has 0 aliphatic heterocycles. The van der Waals surface area contributed by atoms with Crippen LogP contribution in [0.15, 0.2) is 71.1 Å². The topological polar surface area (TPSA) is 59.1 Å². The summed E-state index contributed by atoms with van der Waals surface area (Å²) in [4.78, 5) is 4.29. The largest absolute Gasteiger partial charge is 0.259 e. The summed E-state index contributed by atoms with van der Waals surface area (Å²) in [6.45, 7) is 0. The van der Waals surface area contributed by atoms with E-state index in [4.69, 9.17) is 11.6 Å². The van der Waals surface area contributed by atoms with Crippen LogP contribution in [0.1, 0.15) is 17.3 Å². The number of nitrogens with one attached hydrogen (secondary N) is 1. The van der Waals surface area contributed by atoms with Crippen molar-refractivity contribution in [1.29, 1.82) is 0 Å². The fourth-order valence-electron chi connectivity index (χ4n) is 2.15. The van der Waals surface area contributed by atoms with E-state index < -0.39 is 16.1 Å². The molecule has 0 amide bonds. The van der Waals surface area contributed by atoms with Crippen molar-refractivity contribution in [2.24, 2.45) is 0 Å². The SMILES string of the molecule is O=S(=O)(NC(c1ccccc1)c1ccccn1)c1ccc(Cl)s1. The number of thiophene rings is 1. The number of hydrogen-bond donors (Lipinski definition) is 1. The molecule has 3 aromatic rings. The highest BCUT2D eigenvalue weighted by molar-refractivity contribution is 7.91. The highest BCUT2D eigenvalue weighted by Crippen LogP contribution is 2.28. The van der Waals surface area contributed by atoms with Gasteiger partial charge in [0.1, 0.15) is 4.21 Å². The number of pyridine rings is 1. The Bertz CT molecular complexity index is 841. The van der Waals surface area contributed by atoms with E-state index >= 15 is 0 Å². The second-order valence-corrected chi connectivity index (χ2v) is 8.43. The van der Waals surface area contributed by atoms with Gasteiger partial charge < -0.3 is 0 Å². The third kappa shape index (κ3) is 3.79. The molecule has 0 aliphatic rings. The molecule has 1 aromatic carbocycles. The normalized spacial score (nSPS) is 12.9. The van der Waals surface area contributed by atoms with Crippen LogP contribution in [0.2, 0.25) is 4.34 Å². The molecule has 0 aliphatic carbocycles. The zero-order chi connectivity index (χ0) is 16.3. The minimum absolute atomic E-state index is 0.180. The summed E-state index contributed by atoms with van der Waals surface area (Å²) in [5, 5.41) is 0. The summed E-state index contributed by atoms with van der Waals surface area (Å²) in [7, 11) is -3.69. The van der Waals surface area contributed by atoms with Gasteiger partial charge in [0.25, 0.3) is 10.0 Å². The molecule has 4 nitrogen and oxygen atoms in total. The lowest BCUT2D eigenvalue weighted by molar-refractivity contribution is 0.572. The number of nitrogens with zero attached hydrogens (tertiary/aromatic N) is 1. The Kier molecular flexibility index (Phi) is 4.77. The van der Waals surface area contributed by atoms with Crippen LogP contribution in [-0.4, -0.2) is 13.4 Å². The average molecular weight is 365 g/mol. The standard InChI is InChI=1S/C16H13ClN2O2S2/c17-14-9-10-15(22-14)23(20,21)19-16(12-6-2-1-3-7-12)13-8-4-5-11-18-13/h1-11,16,19H. The van der Waals surface area contributed by atoms with Crippen LogP contribution in [0.4, 0.5) is 0 Å². The van der Waals surface area contributed by atoms with Gasteiger partial charge in [0.05, 0.1) is 16.1 Å². The van der Waals surface area contributed by atoms with Crippen LogP contribution >= 0.6 is 22.9 Å². The zero-order valence-electron chi connectivity index (χ0n) is 11.9. The van der Waals surface area contributed by atoms with E-state index in [-0.39, 0.29) is 4.21 Å². The predicted molar refractivity (Wildman–Crippen MR) is 92.2 cm³/mol. The Morgan fingerprint density at radius 2 is 1.74 bits per heavy atom. The van der Waals surface area contributed by atoms with Crippen molar-refractivity contribution < 1.29 is 8.42 Å². The first-order valence-electron chi connectivity index (χ1n) is 6.80. The van der Waals surface area contributed by atoms with Gasteiger partial charge in [-0.05, 0) is 29.8 Å². The molecule has 0 saturated carbocycles. The van der Waals surface area contributed by atoms with Crippen molar-refractivity contribution in [3.63, 3.8) is 0 Å². The summed E-state index contributed by atoms with van der Waals surface area (Å²) >= 11 is 6.87. The Labute approximate surface area is 143 Å². The van der Waals surface area contributed by atoms with Crippen LogP contribution in [0.3, 0.4) is 0 Å². The fourth-order valence-corrected chi connectivity index (χ4v) is 4.84. The second-order valence-electron chi connectivity index (χ2n) is 4.78. The zero-order valence-corrected chi connectivity index (χ0v) is 14.3. The van der Waals surface area contributed by atoms with E-state index in [0.29, 0.717) is 10.0 Å². The summed E-state index contributed by atoms with van der Waals surface area (Å²) in [5.74, 6) is 0. The number of benzene rings is 1. The number of sulfonamides is 1. The molecule has 118 valence electrons. The lowest BCUT2D eigenvalue weighted by Crippen LogP contribution is -2.29. The van der Waals surface area contributed by atoms with Crippen molar-refractivity contribution in [1.82, 2.24) is 9.71 Å². The maximum Gasteiger partial charge on any atom is 0.251 e. The van der Waals surface area contributed by atoms with Gasteiger partial charge in [0.15, 0.2) is 0 Å². The molecule has 0 bridgehead atoms. The van der Waals surface area contributed by atoms with Crippen LogP contribution in [0, 0.1) is 0 Å². The number of halogens is 1. The van der Waals surface area contributed by atoms with Gasteiger partial charge in [0, 0.05) is 6.20 Å². The molecular formula is C16H13ClN2O2S2. The van der Waals surface area contributed by atoms with Gasteiger partial charge in [-0.15, -0.1) is 11.3 Å². The monoisotopic (exact) mass is 364 g/mol. The lowest BCUT2D eigenvalue weighted by Gasteiger charge is -2.18. The third-order valence-corrected chi connectivity index (χ3v) is 6.35. The van der Waals surface area contributed by atoms with E-state index in [9.17, 15) is 8.42 Å². The van der Waals surface area contributed by atoms with Crippen LogP contribution in [0.25, 0.3) is 0 Å². The first-order chi connectivity index (χ1) is 11.1. The Balaban J connectivity index is 2.00. The highest BCUT2D eigenvalue weighted by atomic mass is 35.5. The molecule has 2 heterocycles. The summed E-state index contributed by atoms with van der Waals surface area (Å²) in [6, 6.07) is 17.2. The molecule has 1 atom stereocenters. The van der Waals surface area contributed by atoms with E-state index in [1.807, 2.05) is 36.4 Å².